The van der Waals surface area contributed by atoms with Gasteiger partial charge in [0, 0.05) is 6.54 Å². The van der Waals surface area contributed by atoms with Gasteiger partial charge in [0.15, 0.2) is 0 Å². The molecule has 0 spiro atoms. The van der Waals surface area contributed by atoms with Crippen LogP contribution in [0.5, 0.6) is 0 Å². The first-order valence-electron chi connectivity index (χ1n) is 4.14. The number of hydrogen-bond donors (Lipinski definition) is 1. The molecule has 0 aromatic heterocycles. The van der Waals surface area contributed by atoms with Crippen molar-refractivity contribution in [2.45, 2.75) is 11.8 Å². The van der Waals surface area contributed by atoms with Crippen LogP contribution in [-0.4, -0.2) is 15.0 Å². The molecule has 0 amide bonds. The van der Waals surface area contributed by atoms with Crippen LogP contribution in [-0.2, 0) is 10.0 Å². The molecule has 0 saturated heterocycles. The van der Waals surface area contributed by atoms with E-state index in [9.17, 15) is 8.42 Å². The Bertz CT molecular complexity index is 489. The van der Waals surface area contributed by atoms with Crippen molar-refractivity contribution in [2.24, 2.45) is 0 Å². The van der Waals surface area contributed by atoms with E-state index in [1.807, 2.05) is 0 Å². The first kappa shape index (κ1) is 14.4. The van der Waals surface area contributed by atoms with Crippen molar-refractivity contribution in [3.8, 4) is 0 Å². The lowest BCUT2D eigenvalue weighted by molar-refractivity contribution is 0.584. The molecule has 0 radical (unpaired) electrons. The molecule has 1 N–H and O–H groups in total. The van der Waals surface area contributed by atoms with Gasteiger partial charge in [-0.25, -0.2) is 13.1 Å². The fourth-order valence-corrected chi connectivity index (χ4v) is 3.80. The van der Waals surface area contributed by atoms with Crippen molar-refractivity contribution < 1.29 is 8.42 Å². The fraction of sp³-hybridized carbons (Fsp3) is 0.250. The minimum absolute atomic E-state index is 0.0348. The van der Waals surface area contributed by atoms with E-state index in [1.165, 1.54) is 6.07 Å². The van der Waals surface area contributed by atoms with Gasteiger partial charge in [0.1, 0.15) is 4.90 Å². The Labute approximate surface area is 114 Å². The third-order valence-electron chi connectivity index (χ3n) is 1.67. The Morgan fingerprint density at radius 2 is 1.56 bits per heavy atom. The number of sulfonamides is 1. The van der Waals surface area contributed by atoms with Gasteiger partial charge >= 0.3 is 0 Å². The fourth-order valence-electron chi connectivity index (χ4n) is 1.05. The van der Waals surface area contributed by atoms with E-state index in [0.29, 0.717) is 0 Å². The normalized spacial score (nSPS) is 11.8. The maximum absolute atomic E-state index is 11.8. The van der Waals surface area contributed by atoms with Gasteiger partial charge in [-0.3, -0.25) is 0 Å². The average Bonchev–Trinajstić information content (AvgIpc) is 2.14. The van der Waals surface area contributed by atoms with E-state index in [-0.39, 0.29) is 31.5 Å². The Morgan fingerprint density at radius 3 is 1.94 bits per heavy atom. The average molecular weight is 323 g/mol. The molecular weight excluding hydrogens is 316 g/mol. The number of halogens is 4. The molecule has 0 heterocycles. The highest BCUT2D eigenvalue weighted by Gasteiger charge is 2.24. The zero-order valence-electron chi connectivity index (χ0n) is 8.02. The molecule has 0 aliphatic rings. The quantitative estimate of drug-likeness (QED) is 0.864. The van der Waals surface area contributed by atoms with Crippen molar-refractivity contribution in [3.63, 3.8) is 0 Å². The molecule has 1 rings (SSSR count). The topological polar surface area (TPSA) is 46.2 Å². The summed E-state index contributed by atoms with van der Waals surface area (Å²) in [5, 5.41) is -0.214. The van der Waals surface area contributed by atoms with Crippen LogP contribution >= 0.6 is 46.4 Å². The molecule has 1 aromatic rings. The van der Waals surface area contributed by atoms with Gasteiger partial charge in [-0.15, -0.1) is 0 Å². The van der Waals surface area contributed by atoms with Gasteiger partial charge in [0.05, 0.1) is 20.1 Å². The van der Waals surface area contributed by atoms with E-state index < -0.39 is 10.0 Å². The van der Waals surface area contributed by atoms with E-state index in [1.54, 1.807) is 6.92 Å². The van der Waals surface area contributed by atoms with Gasteiger partial charge in [-0.2, -0.15) is 0 Å². The summed E-state index contributed by atoms with van der Waals surface area (Å²) in [6.07, 6.45) is 0. The molecule has 8 heteroatoms. The Kier molecular flexibility index (Phi) is 4.75. The molecule has 0 unspecified atom stereocenters. The van der Waals surface area contributed by atoms with Gasteiger partial charge in [-0.05, 0) is 6.07 Å². The summed E-state index contributed by atoms with van der Waals surface area (Å²) in [5.74, 6) is 0. The summed E-state index contributed by atoms with van der Waals surface area (Å²) in [6, 6.07) is 1.29. The third kappa shape index (κ3) is 2.75. The maximum Gasteiger partial charge on any atom is 0.243 e. The SMILES string of the molecule is CCNS(=O)(=O)c1c(Cl)c(Cl)cc(Cl)c1Cl. The second-order valence-corrected chi connectivity index (χ2v) is 6.07. The van der Waals surface area contributed by atoms with Gasteiger partial charge < -0.3 is 0 Å². The molecule has 0 fully saturated rings. The molecule has 1 aromatic carbocycles. The first-order valence-corrected chi connectivity index (χ1v) is 7.13. The minimum Gasteiger partial charge on any atom is -0.211 e. The number of nitrogens with one attached hydrogen (secondary N) is 1. The summed E-state index contributed by atoms with van der Waals surface area (Å²) in [6.45, 7) is 1.84. The number of rotatable bonds is 3. The summed E-state index contributed by atoms with van der Waals surface area (Å²) in [7, 11) is -3.80. The highest BCUT2D eigenvalue weighted by atomic mass is 35.5. The van der Waals surface area contributed by atoms with Crippen molar-refractivity contribution in [1.82, 2.24) is 4.72 Å². The van der Waals surface area contributed by atoms with Crippen LogP contribution in [0.15, 0.2) is 11.0 Å². The zero-order valence-corrected chi connectivity index (χ0v) is 11.9. The lowest BCUT2D eigenvalue weighted by Gasteiger charge is -2.11. The van der Waals surface area contributed by atoms with E-state index in [0.717, 1.165) is 0 Å². The van der Waals surface area contributed by atoms with Crippen LogP contribution < -0.4 is 4.72 Å². The lowest BCUT2D eigenvalue weighted by Crippen LogP contribution is -2.24. The molecule has 3 nitrogen and oxygen atoms in total. The smallest absolute Gasteiger partial charge is 0.211 e. The highest BCUT2D eigenvalue weighted by Crippen LogP contribution is 2.39. The Morgan fingerprint density at radius 1 is 1.12 bits per heavy atom. The molecule has 0 atom stereocenters. The summed E-state index contributed by atoms with van der Waals surface area (Å²) >= 11 is 23.1. The van der Waals surface area contributed by atoms with Crippen LogP contribution in [0.25, 0.3) is 0 Å². The predicted octanol–water partition coefficient (Wildman–Crippen LogP) is 3.60. The third-order valence-corrected chi connectivity index (χ3v) is 5.09. The molecular formula is C8H7Cl4NO2S. The summed E-state index contributed by atoms with van der Waals surface area (Å²) in [4.78, 5) is -0.296. The van der Waals surface area contributed by atoms with Crippen LogP contribution in [0.1, 0.15) is 6.92 Å². The van der Waals surface area contributed by atoms with Crippen LogP contribution in [0.4, 0.5) is 0 Å². The Hall–Kier alpha value is 0.290. The van der Waals surface area contributed by atoms with Crippen LogP contribution in [0.3, 0.4) is 0 Å². The second-order valence-electron chi connectivity index (χ2n) is 2.80. The summed E-state index contributed by atoms with van der Waals surface area (Å²) in [5.41, 5.74) is 0. The molecule has 90 valence electrons. The van der Waals surface area contributed by atoms with Crippen molar-refractivity contribution in [2.75, 3.05) is 6.54 Å². The largest absolute Gasteiger partial charge is 0.243 e. The molecule has 0 saturated carbocycles. The minimum atomic E-state index is -3.80. The van der Waals surface area contributed by atoms with Gasteiger partial charge in [0.2, 0.25) is 10.0 Å². The van der Waals surface area contributed by atoms with Crippen molar-refractivity contribution in [1.29, 1.82) is 0 Å². The molecule has 0 bridgehead atoms. The van der Waals surface area contributed by atoms with Crippen LogP contribution in [0.2, 0.25) is 20.1 Å². The molecule has 16 heavy (non-hydrogen) atoms. The van der Waals surface area contributed by atoms with Crippen LogP contribution in [0, 0.1) is 0 Å². The lowest BCUT2D eigenvalue weighted by atomic mass is 10.3. The van der Waals surface area contributed by atoms with E-state index in [2.05, 4.69) is 4.72 Å². The zero-order chi connectivity index (χ0) is 12.5. The van der Waals surface area contributed by atoms with E-state index >= 15 is 0 Å². The molecule has 0 aliphatic heterocycles. The standard InChI is InChI=1S/C8H7Cl4NO2S/c1-2-13-16(14,15)8-6(11)4(9)3-5(10)7(8)12/h3,13H,2H2,1H3. The second kappa shape index (κ2) is 5.29. The Balaban J connectivity index is 3.56. The maximum atomic E-state index is 11.8. The number of hydrogen-bond acceptors (Lipinski definition) is 2. The molecule has 0 aliphatic carbocycles. The summed E-state index contributed by atoms with van der Waals surface area (Å²) < 4.78 is 25.8. The predicted molar refractivity (Wildman–Crippen MR) is 67.3 cm³/mol. The first-order chi connectivity index (χ1) is 7.31. The van der Waals surface area contributed by atoms with Gasteiger partial charge in [-0.1, -0.05) is 53.3 Å². The highest BCUT2D eigenvalue weighted by molar-refractivity contribution is 7.89. The van der Waals surface area contributed by atoms with E-state index in [4.69, 9.17) is 46.4 Å². The monoisotopic (exact) mass is 321 g/mol. The van der Waals surface area contributed by atoms with Crippen molar-refractivity contribution >= 4 is 56.4 Å². The van der Waals surface area contributed by atoms with Crippen molar-refractivity contribution in [3.05, 3.63) is 26.2 Å². The van der Waals surface area contributed by atoms with Gasteiger partial charge in [0.25, 0.3) is 0 Å². The number of benzene rings is 1.